The maximum atomic E-state index is 4.62. The van der Waals surface area contributed by atoms with Gasteiger partial charge in [0, 0.05) is 24.7 Å². The van der Waals surface area contributed by atoms with Crippen molar-refractivity contribution >= 4 is 11.6 Å². The summed E-state index contributed by atoms with van der Waals surface area (Å²) in [5.41, 5.74) is 1.28. The molecule has 0 atom stereocenters. The van der Waals surface area contributed by atoms with Crippen molar-refractivity contribution in [3.63, 3.8) is 0 Å². The zero-order valence-corrected chi connectivity index (χ0v) is 13.3. The number of rotatable bonds is 8. The minimum absolute atomic E-state index is 0.434. The zero-order valence-electron chi connectivity index (χ0n) is 13.3. The number of aromatic nitrogens is 2. The minimum Gasteiger partial charge on any atom is -0.370 e. The van der Waals surface area contributed by atoms with Gasteiger partial charge in [-0.2, -0.15) is 0 Å². The third kappa shape index (κ3) is 3.41. The van der Waals surface area contributed by atoms with Crippen molar-refractivity contribution in [1.29, 1.82) is 0 Å². The standard InChI is InChI=1S/C16H28N4/c1-5-9-17-15-14(12(3)4)16(19-11-18-15)20(10-6-2)13-7-8-13/h11-13H,5-10H2,1-4H3,(H,17,18,19). The van der Waals surface area contributed by atoms with Crippen LogP contribution >= 0.6 is 0 Å². The molecule has 0 unspecified atom stereocenters. The molecule has 0 aliphatic heterocycles. The molecule has 1 heterocycles. The van der Waals surface area contributed by atoms with Crippen LogP contribution in [-0.2, 0) is 0 Å². The number of hydrogen-bond acceptors (Lipinski definition) is 4. The van der Waals surface area contributed by atoms with Gasteiger partial charge in [-0.25, -0.2) is 9.97 Å². The van der Waals surface area contributed by atoms with Crippen LogP contribution in [-0.4, -0.2) is 29.1 Å². The summed E-state index contributed by atoms with van der Waals surface area (Å²) in [6.07, 6.45) is 6.59. The Bertz CT molecular complexity index is 426. The van der Waals surface area contributed by atoms with Crippen LogP contribution in [0.1, 0.15) is 64.9 Å². The van der Waals surface area contributed by atoms with Gasteiger partial charge in [0.1, 0.15) is 18.0 Å². The van der Waals surface area contributed by atoms with E-state index in [0.29, 0.717) is 12.0 Å². The molecule has 2 rings (SSSR count). The van der Waals surface area contributed by atoms with Crippen molar-refractivity contribution in [1.82, 2.24) is 9.97 Å². The Balaban J connectivity index is 2.34. The van der Waals surface area contributed by atoms with Crippen LogP contribution in [0.5, 0.6) is 0 Å². The Morgan fingerprint density at radius 3 is 2.55 bits per heavy atom. The normalized spacial score (nSPS) is 14.7. The lowest BCUT2D eigenvalue weighted by molar-refractivity contribution is 0.728. The van der Waals surface area contributed by atoms with E-state index in [4.69, 9.17) is 0 Å². The average molecular weight is 276 g/mol. The largest absolute Gasteiger partial charge is 0.370 e. The van der Waals surface area contributed by atoms with Crippen LogP contribution in [0.2, 0.25) is 0 Å². The fourth-order valence-corrected chi connectivity index (χ4v) is 2.62. The lowest BCUT2D eigenvalue weighted by atomic mass is 10.0. The van der Waals surface area contributed by atoms with E-state index in [2.05, 4.69) is 47.9 Å². The molecular formula is C16H28N4. The van der Waals surface area contributed by atoms with E-state index in [1.165, 1.54) is 18.4 Å². The SMILES string of the molecule is CCCNc1ncnc(N(CCC)C2CC2)c1C(C)C. The van der Waals surface area contributed by atoms with Crippen LogP contribution < -0.4 is 10.2 Å². The molecule has 4 heteroatoms. The van der Waals surface area contributed by atoms with Crippen molar-refractivity contribution in [3.05, 3.63) is 11.9 Å². The molecule has 1 aromatic heterocycles. The van der Waals surface area contributed by atoms with E-state index in [9.17, 15) is 0 Å². The first-order valence-electron chi connectivity index (χ1n) is 8.04. The number of anilines is 2. The molecule has 0 aromatic carbocycles. The summed E-state index contributed by atoms with van der Waals surface area (Å²) < 4.78 is 0. The molecule has 1 N–H and O–H groups in total. The molecule has 112 valence electrons. The monoisotopic (exact) mass is 276 g/mol. The van der Waals surface area contributed by atoms with Gasteiger partial charge in [0.15, 0.2) is 0 Å². The van der Waals surface area contributed by atoms with Gasteiger partial charge in [-0.05, 0) is 31.6 Å². The predicted octanol–water partition coefficient (Wildman–Crippen LogP) is 3.80. The summed E-state index contributed by atoms with van der Waals surface area (Å²) in [7, 11) is 0. The molecule has 1 aliphatic carbocycles. The van der Waals surface area contributed by atoms with Gasteiger partial charge >= 0.3 is 0 Å². The maximum absolute atomic E-state index is 4.62. The highest BCUT2D eigenvalue weighted by Gasteiger charge is 2.32. The molecule has 20 heavy (non-hydrogen) atoms. The van der Waals surface area contributed by atoms with E-state index in [1.54, 1.807) is 6.33 Å². The molecule has 1 aromatic rings. The van der Waals surface area contributed by atoms with Crippen molar-refractivity contribution in [2.45, 2.75) is 65.3 Å². The lowest BCUT2D eigenvalue weighted by Crippen LogP contribution is -2.29. The molecule has 0 bridgehead atoms. The highest BCUT2D eigenvalue weighted by atomic mass is 15.2. The Labute approximate surface area is 123 Å². The van der Waals surface area contributed by atoms with E-state index >= 15 is 0 Å². The third-order valence-corrected chi connectivity index (χ3v) is 3.71. The highest BCUT2D eigenvalue weighted by molar-refractivity contribution is 5.61. The number of nitrogens with one attached hydrogen (secondary N) is 1. The third-order valence-electron chi connectivity index (χ3n) is 3.71. The molecule has 1 aliphatic rings. The second-order valence-electron chi connectivity index (χ2n) is 5.97. The Kier molecular flexibility index (Phi) is 5.21. The first-order valence-corrected chi connectivity index (χ1v) is 8.04. The first-order chi connectivity index (χ1) is 9.69. The molecular weight excluding hydrogens is 248 g/mol. The number of nitrogens with zero attached hydrogens (tertiary/aromatic N) is 3. The summed E-state index contributed by atoms with van der Waals surface area (Å²) in [6.45, 7) is 10.9. The average Bonchev–Trinajstić information content (AvgIpc) is 3.26. The summed E-state index contributed by atoms with van der Waals surface area (Å²) in [6, 6.07) is 0.696. The number of hydrogen-bond donors (Lipinski definition) is 1. The lowest BCUT2D eigenvalue weighted by Gasteiger charge is -2.27. The molecule has 0 amide bonds. The molecule has 0 saturated heterocycles. The van der Waals surface area contributed by atoms with Gasteiger partial charge in [-0.15, -0.1) is 0 Å². The summed E-state index contributed by atoms with van der Waals surface area (Å²) in [5, 5.41) is 3.46. The summed E-state index contributed by atoms with van der Waals surface area (Å²) >= 11 is 0. The smallest absolute Gasteiger partial charge is 0.137 e. The molecule has 0 spiro atoms. The highest BCUT2D eigenvalue weighted by Crippen LogP contribution is 2.37. The fourth-order valence-electron chi connectivity index (χ4n) is 2.62. The molecule has 1 fully saturated rings. The Hall–Kier alpha value is -1.32. The Morgan fingerprint density at radius 1 is 1.25 bits per heavy atom. The second kappa shape index (κ2) is 6.91. The minimum atomic E-state index is 0.434. The van der Waals surface area contributed by atoms with Gasteiger partial charge in [-0.1, -0.05) is 27.7 Å². The van der Waals surface area contributed by atoms with Gasteiger partial charge in [0.05, 0.1) is 0 Å². The fraction of sp³-hybridized carbons (Fsp3) is 0.750. The summed E-state index contributed by atoms with van der Waals surface area (Å²) in [4.78, 5) is 11.6. The first kappa shape index (κ1) is 15.1. The second-order valence-corrected chi connectivity index (χ2v) is 5.97. The van der Waals surface area contributed by atoms with Crippen molar-refractivity contribution in [2.75, 3.05) is 23.3 Å². The van der Waals surface area contributed by atoms with Crippen LogP contribution in [0.3, 0.4) is 0 Å². The van der Waals surface area contributed by atoms with Gasteiger partial charge in [0.2, 0.25) is 0 Å². The predicted molar refractivity (Wildman–Crippen MR) is 85.6 cm³/mol. The zero-order chi connectivity index (χ0) is 14.5. The van der Waals surface area contributed by atoms with Crippen LogP contribution in [0.15, 0.2) is 6.33 Å². The van der Waals surface area contributed by atoms with Crippen LogP contribution in [0, 0.1) is 0 Å². The van der Waals surface area contributed by atoms with Crippen LogP contribution in [0.25, 0.3) is 0 Å². The van der Waals surface area contributed by atoms with Crippen LogP contribution in [0.4, 0.5) is 11.6 Å². The quantitative estimate of drug-likeness (QED) is 0.784. The van der Waals surface area contributed by atoms with Crippen molar-refractivity contribution in [2.24, 2.45) is 0 Å². The van der Waals surface area contributed by atoms with E-state index in [1.807, 2.05) is 0 Å². The van der Waals surface area contributed by atoms with Crippen molar-refractivity contribution in [3.8, 4) is 0 Å². The van der Waals surface area contributed by atoms with Gasteiger partial charge in [0.25, 0.3) is 0 Å². The molecule has 1 saturated carbocycles. The topological polar surface area (TPSA) is 41.1 Å². The van der Waals surface area contributed by atoms with Crippen molar-refractivity contribution < 1.29 is 0 Å². The van der Waals surface area contributed by atoms with E-state index in [0.717, 1.165) is 37.6 Å². The molecule has 4 nitrogen and oxygen atoms in total. The molecule has 0 radical (unpaired) electrons. The van der Waals surface area contributed by atoms with E-state index in [-0.39, 0.29) is 0 Å². The summed E-state index contributed by atoms with van der Waals surface area (Å²) in [5.74, 6) is 2.61. The van der Waals surface area contributed by atoms with Gasteiger partial charge < -0.3 is 10.2 Å². The van der Waals surface area contributed by atoms with E-state index < -0.39 is 0 Å². The van der Waals surface area contributed by atoms with Gasteiger partial charge in [-0.3, -0.25) is 0 Å². The maximum Gasteiger partial charge on any atom is 0.137 e. The Morgan fingerprint density at radius 2 is 2.00 bits per heavy atom.